The van der Waals surface area contributed by atoms with Crippen molar-refractivity contribution >= 4 is 37.6 Å². The number of hydrogen-bond acceptors (Lipinski definition) is 1. The zero-order valence-corrected chi connectivity index (χ0v) is 13.1. The number of benzene rings is 2. The van der Waals surface area contributed by atoms with Crippen LogP contribution in [0.4, 0.5) is 0 Å². The van der Waals surface area contributed by atoms with Crippen LogP contribution in [-0.4, -0.2) is 5.78 Å². The smallest absolute Gasteiger partial charge is 0.167 e. The summed E-state index contributed by atoms with van der Waals surface area (Å²) in [7, 11) is 0. The van der Waals surface area contributed by atoms with Crippen LogP contribution < -0.4 is 0 Å². The minimum absolute atomic E-state index is 0.127. The van der Waals surface area contributed by atoms with E-state index in [0.29, 0.717) is 6.42 Å². The number of halogens is 2. The molecule has 0 atom stereocenters. The van der Waals surface area contributed by atoms with Crippen LogP contribution in [0, 0.1) is 6.92 Å². The Balaban J connectivity index is 2.22. The summed E-state index contributed by atoms with van der Waals surface area (Å²) in [4.78, 5) is 12.2. The zero-order valence-electron chi connectivity index (χ0n) is 9.91. The van der Waals surface area contributed by atoms with Crippen LogP contribution in [0.2, 0.25) is 0 Å². The molecule has 0 aromatic heterocycles. The van der Waals surface area contributed by atoms with Gasteiger partial charge < -0.3 is 0 Å². The largest absolute Gasteiger partial charge is 0.294 e. The molecule has 0 aliphatic heterocycles. The molecule has 2 aromatic carbocycles. The van der Waals surface area contributed by atoms with E-state index < -0.39 is 0 Å². The molecule has 0 N–H and O–H groups in total. The third-order valence-corrected chi connectivity index (χ3v) is 3.55. The number of hydrogen-bond donors (Lipinski definition) is 0. The molecule has 18 heavy (non-hydrogen) atoms. The summed E-state index contributed by atoms with van der Waals surface area (Å²) in [5.74, 6) is 0.127. The van der Waals surface area contributed by atoms with Crippen LogP contribution >= 0.6 is 31.9 Å². The minimum atomic E-state index is 0.127. The van der Waals surface area contributed by atoms with Crippen molar-refractivity contribution in [1.29, 1.82) is 0 Å². The highest BCUT2D eigenvalue weighted by molar-refractivity contribution is 9.11. The summed E-state index contributed by atoms with van der Waals surface area (Å²) < 4.78 is 1.81. The maximum absolute atomic E-state index is 12.2. The second kappa shape index (κ2) is 5.81. The molecular weight excluding hydrogens is 356 g/mol. The molecule has 2 rings (SSSR count). The van der Waals surface area contributed by atoms with Crippen LogP contribution in [-0.2, 0) is 6.42 Å². The van der Waals surface area contributed by atoms with E-state index in [0.717, 1.165) is 20.1 Å². The lowest BCUT2D eigenvalue weighted by atomic mass is 10.0. The molecule has 0 spiro atoms. The van der Waals surface area contributed by atoms with Gasteiger partial charge in [0.25, 0.3) is 0 Å². The van der Waals surface area contributed by atoms with Crippen molar-refractivity contribution in [3.63, 3.8) is 0 Å². The van der Waals surface area contributed by atoms with Crippen LogP contribution in [0.3, 0.4) is 0 Å². The van der Waals surface area contributed by atoms with Gasteiger partial charge in [-0.25, -0.2) is 0 Å². The molecule has 0 fully saturated rings. The van der Waals surface area contributed by atoms with E-state index >= 15 is 0 Å². The Morgan fingerprint density at radius 3 is 2.33 bits per heavy atom. The normalized spacial score (nSPS) is 10.4. The van der Waals surface area contributed by atoms with Gasteiger partial charge in [-0.05, 0) is 30.7 Å². The van der Waals surface area contributed by atoms with Gasteiger partial charge >= 0.3 is 0 Å². The molecular formula is C15H12Br2O. The average molecular weight is 368 g/mol. The summed E-state index contributed by atoms with van der Waals surface area (Å²) in [6.45, 7) is 2.03. The van der Waals surface area contributed by atoms with Crippen LogP contribution in [0.15, 0.2) is 51.4 Å². The molecule has 0 saturated heterocycles. The SMILES string of the molecule is Cc1cccc(CC(=O)c2cc(Br)cc(Br)c2)c1. The first-order valence-corrected chi connectivity index (χ1v) is 7.18. The highest BCUT2D eigenvalue weighted by atomic mass is 79.9. The molecule has 0 aliphatic carbocycles. The fourth-order valence-corrected chi connectivity index (χ4v) is 3.12. The standard InChI is InChI=1S/C15H12Br2O/c1-10-3-2-4-11(5-10)6-15(18)12-7-13(16)9-14(17)8-12/h2-5,7-9H,6H2,1H3. The fraction of sp³-hybridized carbons (Fsp3) is 0.133. The van der Waals surface area contributed by atoms with E-state index in [1.54, 1.807) is 0 Å². The van der Waals surface area contributed by atoms with Crippen LogP contribution in [0.1, 0.15) is 21.5 Å². The third-order valence-electron chi connectivity index (χ3n) is 2.63. The molecule has 1 nitrogen and oxygen atoms in total. The maximum Gasteiger partial charge on any atom is 0.167 e. The van der Waals surface area contributed by atoms with Gasteiger partial charge in [0.1, 0.15) is 0 Å². The fourth-order valence-electron chi connectivity index (χ4n) is 1.82. The van der Waals surface area contributed by atoms with E-state index in [4.69, 9.17) is 0 Å². The zero-order chi connectivity index (χ0) is 13.1. The van der Waals surface area contributed by atoms with Gasteiger partial charge in [0, 0.05) is 20.9 Å². The second-order valence-corrected chi connectivity index (χ2v) is 6.08. The predicted molar refractivity (Wildman–Crippen MR) is 81.1 cm³/mol. The Kier molecular flexibility index (Phi) is 4.36. The molecule has 0 radical (unpaired) electrons. The van der Waals surface area contributed by atoms with Crippen LogP contribution in [0.5, 0.6) is 0 Å². The number of Topliss-reactive ketones (excluding diaryl/α,β-unsaturated/α-hetero) is 1. The Morgan fingerprint density at radius 1 is 1.06 bits per heavy atom. The average Bonchev–Trinajstić information content (AvgIpc) is 2.27. The van der Waals surface area contributed by atoms with E-state index in [1.807, 2.05) is 49.4 Å². The van der Waals surface area contributed by atoms with Gasteiger partial charge in [-0.15, -0.1) is 0 Å². The van der Waals surface area contributed by atoms with Gasteiger partial charge in [0.15, 0.2) is 5.78 Å². The van der Waals surface area contributed by atoms with Crippen molar-refractivity contribution < 1.29 is 4.79 Å². The second-order valence-electron chi connectivity index (χ2n) is 4.25. The first kappa shape index (κ1) is 13.5. The van der Waals surface area contributed by atoms with Gasteiger partial charge in [-0.1, -0.05) is 61.7 Å². The van der Waals surface area contributed by atoms with Crippen molar-refractivity contribution in [3.05, 3.63) is 68.1 Å². The van der Waals surface area contributed by atoms with Crippen molar-refractivity contribution in [3.8, 4) is 0 Å². The molecule has 3 heteroatoms. The first-order chi connectivity index (χ1) is 8.54. The summed E-state index contributed by atoms with van der Waals surface area (Å²) in [6, 6.07) is 13.7. The predicted octanol–water partition coefficient (Wildman–Crippen LogP) is 4.95. The first-order valence-electron chi connectivity index (χ1n) is 5.59. The van der Waals surface area contributed by atoms with E-state index in [9.17, 15) is 4.79 Å². The van der Waals surface area contributed by atoms with Crippen molar-refractivity contribution in [2.75, 3.05) is 0 Å². The molecule has 0 aliphatic rings. The third kappa shape index (κ3) is 3.53. The molecule has 0 heterocycles. The number of rotatable bonds is 3. The number of carbonyl (C=O) groups is 1. The minimum Gasteiger partial charge on any atom is -0.294 e. The molecule has 2 aromatic rings. The molecule has 0 amide bonds. The lowest BCUT2D eigenvalue weighted by Crippen LogP contribution is -2.03. The van der Waals surface area contributed by atoms with E-state index in [1.165, 1.54) is 5.56 Å². The summed E-state index contributed by atoms with van der Waals surface area (Å²) in [6.07, 6.45) is 0.435. The molecule has 0 unspecified atom stereocenters. The Morgan fingerprint density at radius 2 is 1.72 bits per heavy atom. The number of carbonyl (C=O) groups excluding carboxylic acids is 1. The molecule has 92 valence electrons. The quantitative estimate of drug-likeness (QED) is 0.701. The maximum atomic E-state index is 12.2. The van der Waals surface area contributed by atoms with E-state index in [-0.39, 0.29) is 5.78 Å². The topological polar surface area (TPSA) is 17.1 Å². The Labute approximate surface area is 123 Å². The van der Waals surface area contributed by atoms with Gasteiger partial charge in [0.05, 0.1) is 0 Å². The summed E-state index contributed by atoms with van der Waals surface area (Å²) >= 11 is 6.79. The van der Waals surface area contributed by atoms with Crippen molar-refractivity contribution in [2.45, 2.75) is 13.3 Å². The van der Waals surface area contributed by atoms with Crippen molar-refractivity contribution in [2.24, 2.45) is 0 Å². The summed E-state index contributed by atoms with van der Waals surface area (Å²) in [5.41, 5.74) is 2.95. The lowest BCUT2D eigenvalue weighted by molar-refractivity contribution is 0.0993. The molecule has 0 bridgehead atoms. The van der Waals surface area contributed by atoms with Gasteiger partial charge in [0.2, 0.25) is 0 Å². The number of aryl methyl sites for hydroxylation is 1. The van der Waals surface area contributed by atoms with Crippen molar-refractivity contribution in [1.82, 2.24) is 0 Å². The summed E-state index contributed by atoms with van der Waals surface area (Å²) in [5, 5.41) is 0. The highest BCUT2D eigenvalue weighted by Gasteiger charge is 2.08. The van der Waals surface area contributed by atoms with Gasteiger partial charge in [-0.2, -0.15) is 0 Å². The Hall–Kier alpha value is -0.930. The van der Waals surface area contributed by atoms with E-state index in [2.05, 4.69) is 31.9 Å². The highest BCUT2D eigenvalue weighted by Crippen LogP contribution is 2.21. The van der Waals surface area contributed by atoms with Crippen LogP contribution in [0.25, 0.3) is 0 Å². The lowest BCUT2D eigenvalue weighted by Gasteiger charge is -2.04. The number of ketones is 1. The monoisotopic (exact) mass is 366 g/mol. The Bertz CT molecular complexity index is 571. The van der Waals surface area contributed by atoms with Gasteiger partial charge in [-0.3, -0.25) is 4.79 Å². The molecule has 0 saturated carbocycles.